The van der Waals surface area contributed by atoms with Crippen molar-refractivity contribution in [3.63, 3.8) is 0 Å². The van der Waals surface area contributed by atoms with Gasteiger partial charge in [-0.3, -0.25) is 9.59 Å². The van der Waals surface area contributed by atoms with Crippen molar-refractivity contribution in [1.82, 2.24) is 9.80 Å². The molecule has 4 nitrogen and oxygen atoms in total. The molecule has 2 heterocycles. The van der Waals surface area contributed by atoms with Crippen LogP contribution in [-0.4, -0.2) is 40.7 Å². The molecule has 144 valence electrons. The van der Waals surface area contributed by atoms with Crippen LogP contribution in [0.15, 0.2) is 40.2 Å². The molecule has 1 unspecified atom stereocenters. The molecule has 3 rings (SSSR count). The Morgan fingerprint density at radius 1 is 1.37 bits per heavy atom. The van der Waals surface area contributed by atoms with E-state index in [1.807, 2.05) is 24.4 Å². The Balaban J connectivity index is 1.71. The first kappa shape index (κ1) is 20.0. The molecule has 2 aromatic rings. The van der Waals surface area contributed by atoms with Crippen LogP contribution in [-0.2, 0) is 22.6 Å². The molecule has 0 radical (unpaired) electrons. The van der Waals surface area contributed by atoms with Crippen LogP contribution >= 0.6 is 27.3 Å². The van der Waals surface area contributed by atoms with Crippen LogP contribution in [0.3, 0.4) is 0 Å². The van der Waals surface area contributed by atoms with Gasteiger partial charge in [-0.1, -0.05) is 22.0 Å². The van der Waals surface area contributed by atoms with E-state index in [2.05, 4.69) is 15.9 Å². The van der Waals surface area contributed by atoms with Crippen molar-refractivity contribution in [2.75, 3.05) is 13.1 Å². The first-order valence-electron chi connectivity index (χ1n) is 9.04. The molecule has 0 saturated carbocycles. The predicted octanol–water partition coefficient (Wildman–Crippen LogP) is 4.23. The molecule has 0 spiro atoms. The number of thiophene rings is 1. The summed E-state index contributed by atoms with van der Waals surface area (Å²) in [5, 5.41) is 1.95. The minimum absolute atomic E-state index is 0.0158. The van der Waals surface area contributed by atoms with Crippen molar-refractivity contribution in [3.8, 4) is 0 Å². The number of carbonyl (C=O) groups is 2. The van der Waals surface area contributed by atoms with Gasteiger partial charge in [0, 0.05) is 34.5 Å². The number of hydrogen-bond acceptors (Lipinski definition) is 3. The van der Waals surface area contributed by atoms with Gasteiger partial charge in [-0.15, -0.1) is 11.3 Å². The Morgan fingerprint density at radius 3 is 2.89 bits per heavy atom. The van der Waals surface area contributed by atoms with Gasteiger partial charge in [0.05, 0.1) is 6.42 Å². The van der Waals surface area contributed by atoms with E-state index < -0.39 is 6.04 Å². The van der Waals surface area contributed by atoms with Gasteiger partial charge in [-0.25, -0.2) is 4.39 Å². The lowest BCUT2D eigenvalue weighted by molar-refractivity contribution is -0.143. The average Bonchev–Trinajstić information content (AvgIpc) is 3.33. The molecule has 2 amide bonds. The Bertz CT molecular complexity index is 812. The highest BCUT2D eigenvalue weighted by Gasteiger charge is 2.36. The number of likely N-dealkylation sites (N-methyl/N-ethyl adjacent to an activating group) is 1. The second kappa shape index (κ2) is 8.97. The Kier molecular flexibility index (Phi) is 6.65. The monoisotopic (exact) mass is 452 g/mol. The molecule has 27 heavy (non-hydrogen) atoms. The number of nitrogens with zero attached hydrogens (tertiary/aromatic N) is 2. The second-order valence-corrected chi connectivity index (χ2v) is 8.54. The lowest BCUT2D eigenvalue weighted by atomic mass is 10.1. The Morgan fingerprint density at radius 2 is 2.19 bits per heavy atom. The zero-order chi connectivity index (χ0) is 19.4. The molecule has 0 aliphatic carbocycles. The van der Waals surface area contributed by atoms with Crippen molar-refractivity contribution < 1.29 is 14.0 Å². The maximum absolute atomic E-state index is 14.1. The summed E-state index contributed by atoms with van der Waals surface area (Å²) in [5.74, 6) is -0.451. The molecule has 1 aliphatic heterocycles. The van der Waals surface area contributed by atoms with Crippen molar-refractivity contribution in [2.45, 2.75) is 38.8 Å². The first-order valence-corrected chi connectivity index (χ1v) is 10.7. The van der Waals surface area contributed by atoms with Gasteiger partial charge in [0.25, 0.3) is 0 Å². The van der Waals surface area contributed by atoms with Crippen LogP contribution in [0.5, 0.6) is 0 Å². The van der Waals surface area contributed by atoms with E-state index in [4.69, 9.17) is 0 Å². The van der Waals surface area contributed by atoms with Crippen molar-refractivity contribution in [3.05, 3.63) is 56.4 Å². The van der Waals surface area contributed by atoms with Crippen LogP contribution in [0.2, 0.25) is 0 Å². The molecular formula is C20H22BrFN2O2S. The van der Waals surface area contributed by atoms with Crippen molar-refractivity contribution >= 4 is 39.1 Å². The average molecular weight is 453 g/mol. The summed E-state index contributed by atoms with van der Waals surface area (Å²) < 4.78 is 14.9. The van der Waals surface area contributed by atoms with Crippen LogP contribution in [0, 0.1) is 5.82 Å². The van der Waals surface area contributed by atoms with E-state index in [-0.39, 0.29) is 24.2 Å². The molecular weight excluding hydrogens is 431 g/mol. The summed E-state index contributed by atoms with van der Waals surface area (Å²) >= 11 is 4.89. The number of hydrogen-bond donors (Lipinski definition) is 0. The molecule has 1 atom stereocenters. The topological polar surface area (TPSA) is 40.6 Å². The first-order chi connectivity index (χ1) is 13.0. The van der Waals surface area contributed by atoms with Gasteiger partial charge in [0.15, 0.2) is 0 Å². The van der Waals surface area contributed by atoms with Gasteiger partial charge in [0.1, 0.15) is 11.9 Å². The molecule has 0 N–H and O–H groups in total. The summed E-state index contributed by atoms with van der Waals surface area (Å²) in [6.07, 6.45) is 1.80. The fourth-order valence-electron chi connectivity index (χ4n) is 3.41. The van der Waals surface area contributed by atoms with E-state index in [1.54, 1.807) is 33.3 Å². The number of halogens is 2. The van der Waals surface area contributed by atoms with E-state index in [0.717, 1.165) is 15.8 Å². The SMILES string of the molecule is CCN(Cc1cc(Br)ccc1F)C(=O)C1CCCN1C(=O)Cc1cccs1. The number of benzene rings is 1. The van der Waals surface area contributed by atoms with Crippen molar-refractivity contribution in [1.29, 1.82) is 0 Å². The third-order valence-electron chi connectivity index (χ3n) is 4.83. The van der Waals surface area contributed by atoms with Gasteiger partial charge >= 0.3 is 0 Å². The number of carbonyl (C=O) groups excluding carboxylic acids is 2. The highest BCUT2D eigenvalue weighted by molar-refractivity contribution is 9.10. The number of likely N-dealkylation sites (tertiary alicyclic amines) is 1. The molecule has 1 aliphatic rings. The van der Waals surface area contributed by atoms with Crippen LogP contribution in [0.1, 0.15) is 30.2 Å². The quantitative estimate of drug-likeness (QED) is 0.657. The number of amides is 2. The van der Waals surface area contributed by atoms with Gasteiger partial charge < -0.3 is 9.80 Å². The second-order valence-electron chi connectivity index (χ2n) is 6.59. The van der Waals surface area contributed by atoms with Crippen LogP contribution in [0.4, 0.5) is 4.39 Å². The minimum atomic E-state index is -0.451. The molecule has 1 aromatic carbocycles. The molecule has 0 bridgehead atoms. The van der Waals surface area contributed by atoms with Crippen LogP contribution < -0.4 is 0 Å². The molecule has 7 heteroatoms. The fraction of sp³-hybridized carbons (Fsp3) is 0.400. The minimum Gasteiger partial charge on any atom is -0.337 e. The molecule has 1 aromatic heterocycles. The van der Waals surface area contributed by atoms with Gasteiger partial charge in [-0.05, 0) is 49.4 Å². The predicted molar refractivity (Wildman–Crippen MR) is 108 cm³/mol. The standard InChI is InChI=1S/C20H22BrFN2O2S/c1-2-23(13-14-11-15(21)7-8-17(14)22)20(26)18-6-3-9-24(18)19(25)12-16-5-4-10-27-16/h4-5,7-8,10-11,18H,2-3,6,9,12-13H2,1H3. The zero-order valence-electron chi connectivity index (χ0n) is 15.2. The van der Waals surface area contributed by atoms with Crippen molar-refractivity contribution in [2.24, 2.45) is 0 Å². The van der Waals surface area contributed by atoms with E-state index in [9.17, 15) is 14.0 Å². The largest absolute Gasteiger partial charge is 0.337 e. The summed E-state index contributed by atoms with van der Waals surface area (Å²) in [5.41, 5.74) is 0.467. The normalized spacial score (nSPS) is 16.6. The summed E-state index contributed by atoms with van der Waals surface area (Å²) in [6.45, 7) is 3.14. The highest BCUT2D eigenvalue weighted by atomic mass is 79.9. The maximum atomic E-state index is 14.1. The fourth-order valence-corrected chi connectivity index (χ4v) is 4.52. The third-order valence-corrected chi connectivity index (χ3v) is 6.20. The lowest BCUT2D eigenvalue weighted by Crippen LogP contribution is -2.48. The summed E-state index contributed by atoms with van der Waals surface area (Å²) in [7, 11) is 0. The van der Waals surface area contributed by atoms with Gasteiger partial charge in [0.2, 0.25) is 11.8 Å². The van der Waals surface area contributed by atoms with Gasteiger partial charge in [-0.2, -0.15) is 0 Å². The van der Waals surface area contributed by atoms with E-state index >= 15 is 0 Å². The number of rotatable bonds is 6. The molecule has 1 saturated heterocycles. The maximum Gasteiger partial charge on any atom is 0.245 e. The highest BCUT2D eigenvalue weighted by Crippen LogP contribution is 2.23. The Labute approximate surface area is 171 Å². The summed E-state index contributed by atoms with van der Waals surface area (Å²) in [6, 6.07) is 8.13. The zero-order valence-corrected chi connectivity index (χ0v) is 17.6. The van der Waals surface area contributed by atoms with E-state index in [0.29, 0.717) is 31.5 Å². The van der Waals surface area contributed by atoms with E-state index in [1.165, 1.54) is 6.07 Å². The molecule has 1 fully saturated rings. The summed E-state index contributed by atoms with van der Waals surface area (Å²) in [4.78, 5) is 30.1. The lowest BCUT2D eigenvalue weighted by Gasteiger charge is -2.30. The Hall–Kier alpha value is -1.73. The smallest absolute Gasteiger partial charge is 0.245 e. The third kappa shape index (κ3) is 4.76. The van der Waals surface area contributed by atoms with Crippen LogP contribution in [0.25, 0.3) is 0 Å².